The zero-order valence-electron chi connectivity index (χ0n) is 7.28. The lowest BCUT2D eigenvalue weighted by molar-refractivity contribution is 0.426. The van der Waals surface area contributed by atoms with Crippen LogP contribution in [0.3, 0.4) is 0 Å². The summed E-state index contributed by atoms with van der Waals surface area (Å²) in [6.07, 6.45) is 6.24. The van der Waals surface area contributed by atoms with Crippen molar-refractivity contribution in [3.8, 4) is 5.69 Å². The molecule has 0 aliphatic heterocycles. The standard InChI is InChI=1S/C8H8BN3O2/c13-9(14)7-4-11-12(6-7)8-2-1-3-10-5-8/h1-6,13-14H. The van der Waals surface area contributed by atoms with Crippen molar-refractivity contribution in [1.82, 2.24) is 14.8 Å². The van der Waals surface area contributed by atoms with Gasteiger partial charge in [0.2, 0.25) is 0 Å². The molecule has 0 aliphatic carbocycles. The van der Waals surface area contributed by atoms with Crippen molar-refractivity contribution in [1.29, 1.82) is 0 Å². The van der Waals surface area contributed by atoms with Gasteiger partial charge < -0.3 is 10.0 Å². The van der Waals surface area contributed by atoms with Crippen molar-refractivity contribution in [2.75, 3.05) is 0 Å². The minimum absolute atomic E-state index is 0.355. The van der Waals surface area contributed by atoms with Gasteiger partial charge in [0.1, 0.15) is 0 Å². The molecular weight excluding hydrogens is 181 g/mol. The Morgan fingerprint density at radius 1 is 1.29 bits per heavy atom. The fourth-order valence-corrected chi connectivity index (χ4v) is 1.10. The van der Waals surface area contributed by atoms with Crippen LogP contribution in [0.15, 0.2) is 36.9 Å². The van der Waals surface area contributed by atoms with Gasteiger partial charge in [-0.15, -0.1) is 0 Å². The molecule has 6 heteroatoms. The largest absolute Gasteiger partial charge is 0.491 e. The molecule has 0 bridgehead atoms. The van der Waals surface area contributed by atoms with E-state index in [0.717, 1.165) is 5.69 Å². The first kappa shape index (κ1) is 8.92. The molecule has 0 fully saturated rings. The van der Waals surface area contributed by atoms with Crippen LogP contribution >= 0.6 is 0 Å². The van der Waals surface area contributed by atoms with Crippen LogP contribution in [-0.2, 0) is 0 Å². The van der Waals surface area contributed by atoms with E-state index >= 15 is 0 Å². The van der Waals surface area contributed by atoms with Crippen LogP contribution in [0.1, 0.15) is 0 Å². The first-order valence-electron chi connectivity index (χ1n) is 4.08. The van der Waals surface area contributed by atoms with Crippen LogP contribution in [0.4, 0.5) is 0 Å². The summed E-state index contributed by atoms with van der Waals surface area (Å²) in [7, 11) is -1.49. The van der Waals surface area contributed by atoms with Gasteiger partial charge in [0.15, 0.2) is 0 Å². The van der Waals surface area contributed by atoms with Gasteiger partial charge in [-0.05, 0) is 12.1 Å². The second-order valence-electron chi connectivity index (χ2n) is 2.80. The van der Waals surface area contributed by atoms with E-state index in [1.807, 2.05) is 6.07 Å². The molecule has 2 aromatic heterocycles. The van der Waals surface area contributed by atoms with E-state index in [1.165, 1.54) is 10.9 Å². The maximum Gasteiger partial charge on any atom is 0.491 e. The fourth-order valence-electron chi connectivity index (χ4n) is 1.10. The summed E-state index contributed by atoms with van der Waals surface area (Å²) < 4.78 is 1.53. The molecule has 0 spiro atoms. The molecule has 2 N–H and O–H groups in total. The molecule has 0 atom stereocenters. The summed E-state index contributed by atoms with van der Waals surface area (Å²) in [4.78, 5) is 3.93. The molecule has 0 amide bonds. The van der Waals surface area contributed by atoms with Crippen molar-refractivity contribution in [3.05, 3.63) is 36.9 Å². The highest BCUT2D eigenvalue weighted by atomic mass is 16.4. The molecular formula is C8H8BN3O2. The van der Waals surface area contributed by atoms with E-state index in [-0.39, 0.29) is 0 Å². The van der Waals surface area contributed by atoms with E-state index in [9.17, 15) is 0 Å². The summed E-state index contributed by atoms with van der Waals surface area (Å²) in [5.74, 6) is 0. The molecule has 0 aromatic carbocycles. The maximum absolute atomic E-state index is 8.87. The highest BCUT2D eigenvalue weighted by Crippen LogP contribution is 2.00. The summed E-state index contributed by atoms with van der Waals surface area (Å²) in [6, 6.07) is 3.61. The molecule has 2 rings (SSSR count). The first-order valence-corrected chi connectivity index (χ1v) is 4.08. The van der Waals surface area contributed by atoms with Crippen molar-refractivity contribution < 1.29 is 10.0 Å². The Morgan fingerprint density at radius 2 is 2.14 bits per heavy atom. The van der Waals surface area contributed by atoms with Crippen LogP contribution in [0, 0.1) is 0 Å². The van der Waals surface area contributed by atoms with Gasteiger partial charge in [0, 0.05) is 24.1 Å². The Labute approximate surface area is 80.8 Å². The average molecular weight is 189 g/mol. The number of hydrogen-bond acceptors (Lipinski definition) is 4. The van der Waals surface area contributed by atoms with Crippen LogP contribution in [-0.4, -0.2) is 31.9 Å². The second-order valence-corrected chi connectivity index (χ2v) is 2.80. The van der Waals surface area contributed by atoms with Gasteiger partial charge >= 0.3 is 7.12 Å². The normalized spacial score (nSPS) is 10.1. The zero-order chi connectivity index (χ0) is 9.97. The lowest BCUT2D eigenvalue weighted by Gasteiger charge is -1.98. The molecule has 0 aliphatic rings. The summed E-state index contributed by atoms with van der Waals surface area (Å²) in [5, 5.41) is 21.7. The number of hydrogen-bond donors (Lipinski definition) is 2. The highest BCUT2D eigenvalue weighted by molar-refractivity contribution is 6.58. The Hall–Kier alpha value is -1.66. The second kappa shape index (κ2) is 3.61. The van der Waals surface area contributed by atoms with E-state index in [0.29, 0.717) is 5.46 Å². The monoisotopic (exact) mass is 189 g/mol. The smallest absolute Gasteiger partial charge is 0.423 e. The molecule has 2 aromatic rings. The fraction of sp³-hybridized carbons (Fsp3) is 0. The van der Waals surface area contributed by atoms with Crippen LogP contribution in [0.5, 0.6) is 0 Å². The minimum atomic E-state index is -1.49. The van der Waals surface area contributed by atoms with Gasteiger partial charge in [-0.25, -0.2) is 4.68 Å². The topological polar surface area (TPSA) is 71.2 Å². The number of pyridine rings is 1. The molecule has 70 valence electrons. The number of nitrogens with zero attached hydrogens (tertiary/aromatic N) is 3. The van der Waals surface area contributed by atoms with Crippen molar-refractivity contribution in [2.24, 2.45) is 0 Å². The third-order valence-electron chi connectivity index (χ3n) is 1.81. The van der Waals surface area contributed by atoms with Gasteiger partial charge in [0.25, 0.3) is 0 Å². The molecule has 0 saturated carbocycles. The first-order chi connectivity index (χ1) is 6.77. The number of aromatic nitrogens is 3. The minimum Gasteiger partial charge on any atom is -0.423 e. The van der Waals surface area contributed by atoms with Gasteiger partial charge in [-0.1, -0.05) is 0 Å². The quantitative estimate of drug-likeness (QED) is 0.591. The van der Waals surface area contributed by atoms with Gasteiger partial charge in [-0.2, -0.15) is 5.10 Å². The molecule has 14 heavy (non-hydrogen) atoms. The van der Waals surface area contributed by atoms with Crippen molar-refractivity contribution >= 4 is 12.6 Å². The third kappa shape index (κ3) is 1.66. The van der Waals surface area contributed by atoms with E-state index < -0.39 is 7.12 Å². The molecule has 5 nitrogen and oxygen atoms in total. The zero-order valence-corrected chi connectivity index (χ0v) is 7.28. The van der Waals surface area contributed by atoms with Crippen LogP contribution in [0.2, 0.25) is 0 Å². The summed E-state index contributed by atoms with van der Waals surface area (Å²) in [5.41, 5.74) is 1.13. The lowest BCUT2D eigenvalue weighted by Crippen LogP contribution is -2.28. The van der Waals surface area contributed by atoms with Crippen molar-refractivity contribution in [3.63, 3.8) is 0 Å². The molecule has 0 saturated heterocycles. The van der Waals surface area contributed by atoms with Crippen molar-refractivity contribution in [2.45, 2.75) is 0 Å². The van der Waals surface area contributed by atoms with E-state index in [2.05, 4.69) is 10.1 Å². The van der Waals surface area contributed by atoms with Gasteiger partial charge in [0.05, 0.1) is 11.9 Å². The van der Waals surface area contributed by atoms with Crippen LogP contribution in [0.25, 0.3) is 5.69 Å². The Kier molecular flexibility index (Phi) is 2.30. The summed E-state index contributed by atoms with van der Waals surface area (Å²) in [6.45, 7) is 0. The predicted octanol–water partition coefficient (Wildman–Crippen LogP) is -1.05. The van der Waals surface area contributed by atoms with Crippen LogP contribution < -0.4 is 5.46 Å². The predicted molar refractivity (Wildman–Crippen MR) is 51.2 cm³/mol. The third-order valence-corrected chi connectivity index (χ3v) is 1.81. The molecule has 0 radical (unpaired) electrons. The SMILES string of the molecule is OB(O)c1cnn(-c2cccnc2)c1. The Bertz CT molecular complexity index is 416. The van der Waals surface area contributed by atoms with E-state index in [4.69, 9.17) is 10.0 Å². The highest BCUT2D eigenvalue weighted by Gasteiger charge is 2.13. The average Bonchev–Trinajstić information content (AvgIpc) is 2.68. The Balaban J connectivity index is 2.34. The molecule has 0 unspecified atom stereocenters. The lowest BCUT2D eigenvalue weighted by atomic mass is 9.83. The van der Waals surface area contributed by atoms with E-state index in [1.54, 1.807) is 24.7 Å². The van der Waals surface area contributed by atoms with Gasteiger partial charge in [-0.3, -0.25) is 4.98 Å². The summed E-state index contributed by atoms with van der Waals surface area (Å²) >= 11 is 0. The molecule has 2 heterocycles. The maximum atomic E-state index is 8.87. The Morgan fingerprint density at radius 3 is 2.71 bits per heavy atom. The number of rotatable bonds is 2.